The number of rotatable bonds is 6. The highest BCUT2D eigenvalue weighted by Gasteiger charge is 2.26. The fourth-order valence-electron chi connectivity index (χ4n) is 3.63. The van der Waals surface area contributed by atoms with Gasteiger partial charge in [-0.15, -0.1) is 0 Å². The Morgan fingerprint density at radius 3 is 2.96 bits per heavy atom. The molecule has 1 aromatic heterocycles. The number of pyridine rings is 1. The molecular weight excluding hydrogens is 310 g/mol. The number of hydrogen-bond donors (Lipinski definition) is 1. The van der Waals surface area contributed by atoms with E-state index in [0.29, 0.717) is 6.04 Å². The summed E-state index contributed by atoms with van der Waals surface area (Å²) < 4.78 is 0. The Kier molecular flexibility index (Phi) is 6.19. The molecule has 0 bridgehead atoms. The number of allylic oxidation sites excluding steroid dienone is 1. The third kappa shape index (κ3) is 4.66. The normalized spacial score (nSPS) is 19.2. The second-order valence-corrected chi connectivity index (χ2v) is 7.19. The van der Waals surface area contributed by atoms with E-state index in [0.717, 1.165) is 39.1 Å². The van der Waals surface area contributed by atoms with Gasteiger partial charge in [-0.2, -0.15) is 0 Å². The lowest BCUT2D eigenvalue weighted by atomic mass is 10.0. The molecule has 1 fully saturated rings. The minimum Gasteiger partial charge on any atom is -0.396 e. The Labute approximate surface area is 150 Å². The van der Waals surface area contributed by atoms with Crippen molar-refractivity contribution in [1.29, 1.82) is 0 Å². The Hall–Kier alpha value is -1.75. The average molecular weight is 339 g/mol. The van der Waals surface area contributed by atoms with Crippen molar-refractivity contribution in [1.82, 2.24) is 14.8 Å². The van der Waals surface area contributed by atoms with Crippen molar-refractivity contribution < 1.29 is 5.11 Å². The van der Waals surface area contributed by atoms with Crippen molar-refractivity contribution in [3.63, 3.8) is 0 Å². The molecule has 134 valence electrons. The molecule has 0 saturated carbocycles. The number of aliphatic hydroxyl groups is 1. The topological polar surface area (TPSA) is 39.6 Å². The number of benzene rings is 1. The predicted molar refractivity (Wildman–Crippen MR) is 104 cm³/mol. The molecule has 1 aromatic carbocycles. The van der Waals surface area contributed by atoms with Gasteiger partial charge in [-0.3, -0.25) is 14.8 Å². The number of aromatic nitrogens is 1. The highest BCUT2D eigenvalue weighted by molar-refractivity contribution is 5.84. The minimum atomic E-state index is 0.254. The van der Waals surface area contributed by atoms with Crippen LogP contribution < -0.4 is 0 Å². The van der Waals surface area contributed by atoms with Gasteiger partial charge in [0.05, 0.1) is 0 Å². The van der Waals surface area contributed by atoms with E-state index in [1.165, 1.54) is 21.9 Å². The van der Waals surface area contributed by atoms with Crippen LogP contribution in [0.4, 0.5) is 0 Å². The summed E-state index contributed by atoms with van der Waals surface area (Å²) in [5.74, 6) is 0. The Bertz CT molecular complexity index is 719. The van der Waals surface area contributed by atoms with E-state index in [9.17, 15) is 5.11 Å². The van der Waals surface area contributed by atoms with Gasteiger partial charge in [0.25, 0.3) is 0 Å². The van der Waals surface area contributed by atoms with Crippen LogP contribution >= 0.6 is 0 Å². The third-order valence-corrected chi connectivity index (χ3v) is 5.05. The number of fused-ring (bicyclic) bond motifs is 1. The molecule has 0 amide bonds. The van der Waals surface area contributed by atoms with Gasteiger partial charge in [-0.25, -0.2) is 0 Å². The number of piperazine rings is 1. The van der Waals surface area contributed by atoms with Crippen LogP contribution in [0.5, 0.6) is 0 Å². The summed E-state index contributed by atoms with van der Waals surface area (Å²) in [6, 6.07) is 9.00. The summed E-state index contributed by atoms with van der Waals surface area (Å²) in [7, 11) is 0. The number of hydrogen-bond acceptors (Lipinski definition) is 4. The van der Waals surface area contributed by atoms with Gasteiger partial charge in [0.15, 0.2) is 0 Å². The summed E-state index contributed by atoms with van der Waals surface area (Å²) in [6.45, 7) is 9.63. The molecule has 2 heterocycles. The fourth-order valence-corrected chi connectivity index (χ4v) is 3.63. The van der Waals surface area contributed by atoms with Crippen LogP contribution in [0, 0.1) is 0 Å². The third-order valence-electron chi connectivity index (χ3n) is 5.05. The van der Waals surface area contributed by atoms with E-state index >= 15 is 0 Å². The second-order valence-electron chi connectivity index (χ2n) is 7.19. The van der Waals surface area contributed by atoms with Crippen LogP contribution in [0.2, 0.25) is 0 Å². The molecule has 1 saturated heterocycles. The second kappa shape index (κ2) is 8.56. The minimum absolute atomic E-state index is 0.254. The first-order valence-corrected chi connectivity index (χ1v) is 9.19. The predicted octanol–water partition coefficient (Wildman–Crippen LogP) is 3.07. The Balaban J connectivity index is 1.70. The molecule has 1 N–H and O–H groups in total. The van der Waals surface area contributed by atoms with Crippen molar-refractivity contribution >= 4 is 10.8 Å². The number of nitrogens with zero attached hydrogens (tertiary/aromatic N) is 3. The maximum Gasteiger partial charge on any atom is 0.0446 e. The molecule has 0 radical (unpaired) electrons. The monoisotopic (exact) mass is 339 g/mol. The molecule has 25 heavy (non-hydrogen) atoms. The summed E-state index contributed by atoms with van der Waals surface area (Å²) in [5, 5.41) is 12.0. The van der Waals surface area contributed by atoms with Crippen LogP contribution in [0.15, 0.2) is 48.3 Å². The maximum atomic E-state index is 9.46. The number of aliphatic hydroxyl groups excluding tert-OH is 1. The Morgan fingerprint density at radius 1 is 1.28 bits per heavy atom. The first-order chi connectivity index (χ1) is 12.2. The standard InChI is InChI=1S/C21H29N3O/c1-17(2)7-10-24-12-11-23(16-20(24)8-13-25)15-19-5-3-4-18-14-22-9-6-21(18)19/h3-7,9,14,20,25H,8,10-13,15-16H2,1-2H3/t20-/m0/s1. The lowest BCUT2D eigenvalue weighted by Crippen LogP contribution is -2.53. The van der Waals surface area contributed by atoms with E-state index in [1.807, 2.05) is 12.4 Å². The molecule has 3 rings (SSSR count). The van der Waals surface area contributed by atoms with Crippen molar-refractivity contribution in [2.75, 3.05) is 32.8 Å². The van der Waals surface area contributed by atoms with Gasteiger partial charge >= 0.3 is 0 Å². The van der Waals surface area contributed by atoms with Crippen molar-refractivity contribution in [3.8, 4) is 0 Å². The van der Waals surface area contributed by atoms with Gasteiger partial charge < -0.3 is 5.11 Å². The summed E-state index contributed by atoms with van der Waals surface area (Å²) in [5.41, 5.74) is 2.72. The van der Waals surface area contributed by atoms with E-state index in [4.69, 9.17) is 0 Å². The van der Waals surface area contributed by atoms with Crippen LogP contribution in [0.3, 0.4) is 0 Å². The van der Waals surface area contributed by atoms with Gasteiger partial charge in [-0.05, 0) is 37.3 Å². The SMILES string of the molecule is CC(C)=CCN1CCN(Cc2cccc3cnccc23)C[C@@H]1CCO. The van der Waals surface area contributed by atoms with Crippen LogP contribution in [-0.2, 0) is 6.54 Å². The fraction of sp³-hybridized carbons (Fsp3) is 0.476. The molecule has 4 heteroatoms. The first kappa shape index (κ1) is 18.1. The van der Waals surface area contributed by atoms with Crippen molar-refractivity contribution in [2.24, 2.45) is 0 Å². The van der Waals surface area contributed by atoms with E-state index in [1.54, 1.807) is 0 Å². The van der Waals surface area contributed by atoms with Crippen LogP contribution in [0.1, 0.15) is 25.8 Å². The first-order valence-electron chi connectivity index (χ1n) is 9.19. The van der Waals surface area contributed by atoms with Crippen LogP contribution in [-0.4, -0.2) is 58.7 Å². The summed E-state index contributed by atoms with van der Waals surface area (Å²) >= 11 is 0. The Morgan fingerprint density at radius 2 is 2.16 bits per heavy atom. The zero-order valence-electron chi connectivity index (χ0n) is 15.4. The lowest BCUT2D eigenvalue weighted by Gasteiger charge is -2.41. The van der Waals surface area contributed by atoms with Gasteiger partial charge in [-0.1, -0.05) is 29.8 Å². The molecule has 4 nitrogen and oxygen atoms in total. The molecular formula is C21H29N3O. The largest absolute Gasteiger partial charge is 0.396 e. The molecule has 1 aliphatic rings. The molecule has 0 spiro atoms. The molecule has 1 aliphatic heterocycles. The van der Waals surface area contributed by atoms with Crippen molar-refractivity contribution in [2.45, 2.75) is 32.9 Å². The zero-order chi connectivity index (χ0) is 17.6. The maximum absolute atomic E-state index is 9.46. The highest BCUT2D eigenvalue weighted by atomic mass is 16.3. The molecule has 0 aliphatic carbocycles. The van der Waals surface area contributed by atoms with Crippen molar-refractivity contribution in [3.05, 3.63) is 53.9 Å². The summed E-state index contributed by atoms with van der Waals surface area (Å²) in [4.78, 5) is 9.26. The molecule has 1 atom stereocenters. The average Bonchev–Trinajstić information content (AvgIpc) is 2.61. The highest BCUT2D eigenvalue weighted by Crippen LogP contribution is 2.21. The van der Waals surface area contributed by atoms with E-state index in [-0.39, 0.29) is 6.61 Å². The summed E-state index contributed by atoms with van der Waals surface area (Å²) in [6.07, 6.45) is 6.94. The van der Waals surface area contributed by atoms with Gasteiger partial charge in [0.1, 0.15) is 0 Å². The molecule has 2 aromatic rings. The van der Waals surface area contributed by atoms with E-state index < -0.39 is 0 Å². The van der Waals surface area contributed by atoms with Gasteiger partial charge in [0.2, 0.25) is 0 Å². The van der Waals surface area contributed by atoms with Crippen LogP contribution in [0.25, 0.3) is 10.8 Å². The zero-order valence-corrected chi connectivity index (χ0v) is 15.4. The molecule has 0 unspecified atom stereocenters. The van der Waals surface area contributed by atoms with Gasteiger partial charge in [0, 0.05) is 63.2 Å². The lowest BCUT2D eigenvalue weighted by molar-refractivity contribution is 0.0639. The smallest absolute Gasteiger partial charge is 0.0446 e. The van der Waals surface area contributed by atoms with E-state index in [2.05, 4.69) is 59.0 Å². The quantitative estimate of drug-likeness (QED) is 0.821.